The SMILES string of the molecule is N#Cc1ccc(NCc2cscn2)cc1C(F)(F)F. The van der Waals surface area contributed by atoms with Crippen LogP contribution in [-0.2, 0) is 12.7 Å². The molecule has 19 heavy (non-hydrogen) atoms. The van der Waals surface area contributed by atoms with E-state index in [1.54, 1.807) is 17.0 Å². The molecule has 1 aromatic heterocycles. The summed E-state index contributed by atoms with van der Waals surface area (Å²) < 4.78 is 38.2. The van der Waals surface area contributed by atoms with Gasteiger partial charge in [-0.25, -0.2) is 4.98 Å². The van der Waals surface area contributed by atoms with Crippen molar-refractivity contribution in [3.8, 4) is 6.07 Å². The van der Waals surface area contributed by atoms with E-state index in [1.165, 1.54) is 17.4 Å². The van der Waals surface area contributed by atoms with Gasteiger partial charge in [-0.2, -0.15) is 18.4 Å². The Balaban J connectivity index is 2.21. The van der Waals surface area contributed by atoms with Crippen molar-refractivity contribution in [3.05, 3.63) is 45.9 Å². The summed E-state index contributed by atoms with van der Waals surface area (Å²) in [7, 11) is 0. The number of benzene rings is 1. The lowest BCUT2D eigenvalue weighted by Crippen LogP contribution is -2.09. The molecule has 1 N–H and O–H groups in total. The van der Waals surface area contributed by atoms with E-state index in [2.05, 4.69) is 10.3 Å². The van der Waals surface area contributed by atoms with E-state index >= 15 is 0 Å². The average Bonchev–Trinajstić information content (AvgIpc) is 2.88. The summed E-state index contributed by atoms with van der Waals surface area (Å²) in [4.78, 5) is 4.02. The number of halogens is 3. The summed E-state index contributed by atoms with van der Waals surface area (Å²) in [6.07, 6.45) is -4.54. The summed E-state index contributed by atoms with van der Waals surface area (Å²) in [6.45, 7) is 0.340. The van der Waals surface area contributed by atoms with E-state index in [-0.39, 0.29) is 5.56 Å². The number of thiazole rings is 1. The Morgan fingerprint density at radius 3 is 2.74 bits per heavy atom. The first-order chi connectivity index (χ1) is 9.00. The quantitative estimate of drug-likeness (QED) is 0.935. The summed E-state index contributed by atoms with van der Waals surface area (Å²) in [6, 6.07) is 5.08. The maximum Gasteiger partial charge on any atom is 0.417 e. The molecule has 0 saturated carbocycles. The van der Waals surface area contributed by atoms with Gasteiger partial charge in [-0.3, -0.25) is 0 Å². The molecule has 0 bridgehead atoms. The number of alkyl halides is 3. The number of rotatable bonds is 3. The Morgan fingerprint density at radius 2 is 2.16 bits per heavy atom. The highest BCUT2D eigenvalue weighted by Gasteiger charge is 2.33. The molecule has 0 aliphatic rings. The number of nitrogens with one attached hydrogen (secondary N) is 1. The first-order valence-electron chi connectivity index (χ1n) is 5.23. The highest BCUT2D eigenvalue weighted by Crippen LogP contribution is 2.33. The molecule has 0 spiro atoms. The smallest absolute Gasteiger partial charge is 0.379 e. The van der Waals surface area contributed by atoms with Gasteiger partial charge < -0.3 is 5.32 Å². The van der Waals surface area contributed by atoms with Crippen LogP contribution in [0.25, 0.3) is 0 Å². The maximum atomic E-state index is 12.7. The molecule has 0 aliphatic carbocycles. The lowest BCUT2D eigenvalue weighted by Gasteiger charge is -2.11. The van der Waals surface area contributed by atoms with Crippen LogP contribution in [0.1, 0.15) is 16.8 Å². The van der Waals surface area contributed by atoms with E-state index < -0.39 is 11.7 Å². The third-order valence-corrected chi connectivity index (χ3v) is 3.04. The zero-order valence-electron chi connectivity index (χ0n) is 9.53. The second kappa shape index (κ2) is 5.28. The Morgan fingerprint density at radius 1 is 1.37 bits per heavy atom. The van der Waals surface area contributed by atoms with Gasteiger partial charge in [0.05, 0.1) is 34.9 Å². The van der Waals surface area contributed by atoms with E-state index in [9.17, 15) is 13.2 Å². The molecule has 3 nitrogen and oxygen atoms in total. The van der Waals surface area contributed by atoms with Crippen molar-refractivity contribution >= 4 is 17.0 Å². The van der Waals surface area contributed by atoms with Crippen LogP contribution in [0.15, 0.2) is 29.1 Å². The van der Waals surface area contributed by atoms with Crippen LogP contribution in [0.4, 0.5) is 18.9 Å². The summed E-state index contributed by atoms with van der Waals surface area (Å²) in [5.74, 6) is 0. The molecule has 1 aromatic carbocycles. The summed E-state index contributed by atoms with van der Waals surface area (Å²) >= 11 is 1.41. The molecule has 2 rings (SSSR count). The average molecular weight is 283 g/mol. The molecule has 0 atom stereocenters. The summed E-state index contributed by atoms with van der Waals surface area (Å²) in [5, 5.41) is 13.3. The van der Waals surface area contributed by atoms with E-state index in [0.717, 1.165) is 17.8 Å². The molecule has 98 valence electrons. The molecule has 1 heterocycles. The standard InChI is InChI=1S/C12H8F3N3S/c13-12(14,15)11-3-9(2-1-8(11)4-16)17-5-10-6-19-7-18-10/h1-3,6-7,17H,5H2. The Labute approximate surface area is 111 Å². The molecule has 2 aromatic rings. The molecule has 0 radical (unpaired) electrons. The minimum atomic E-state index is -4.54. The summed E-state index contributed by atoms with van der Waals surface area (Å²) in [5.41, 5.74) is 1.39. The third kappa shape index (κ3) is 3.23. The van der Waals surface area contributed by atoms with Gasteiger partial charge in [0.15, 0.2) is 0 Å². The van der Waals surface area contributed by atoms with Crippen LogP contribution in [0, 0.1) is 11.3 Å². The number of aromatic nitrogens is 1. The van der Waals surface area contributed by atoms with Crippen molar-refractivity contribution in [2.24, 2.45) is 0 Å². The Bertz CT molecular complexity index is 600. The van der Waals surface area contributed by atoms with Gasteiger partial charge >= 0.3 is 6.18 Å². The topological polar surface area (TPSA) is 48.7 Å². The molecule has 0 saturated heterocycles. The third-order valence-electron chi connectivity index (χ3n) is 2.40. The number of anilines is 1. The van der Waals surface area contributed by atoms with Gasteiger partial charge in [0.2, 0.25) is 0 Å². The van der Waals surface area contributed by atoms with E-state index in [0.29, 0.717) is 12.2 Å². The predicted molar refractivity (Wildman–Crippen MR) is 65.6 cm³/mol. The Kier molecular flexibility index (Phi) is 3.71. The fraction of sp³-hybridized carbons (Fsp3) is 0.167. The normalized spacial score (nSPS) is 11.1. The van der Waals surface area contributed by atoms with Crippen LogP contribution < -0.4 is 5.32 Å². The van der Waals surface area contributed by atoms with Crippen molar-refractivity contribution in [1.29, 1.82) is 5.26 Å². The number of nitriles is 1. The zero-order chi connectivity index (χ0) is 13.9. The van der Waals surface area contributed by atoms with Crippen molar-refractivity contribution < 1.29 is 13.2 Å². The van der Waals surface area contributed by atoms with Crippen molar-refractivity contribution in [2.45, 2.75) is 12.7 Å². The van der Waals surface area contributed by atoms with Gasteiger partial charge in [-0.05, 0) is 18.2 Å². The zero-order valence-corrected chi connectivity index (χ0v) is 10.3. The van der Waals surface area contributed by atoms with Gasteiger partial charge in [-0.15, -0.1) is 11.3 Å². The highest BCUT2D eigenvalue weighted by molar-refractivity contribution is 7.07. The number of hydrogen-bond donors (Lipinski definition) is 1. The van der Waals surface area contributed by atoms with Gasteiger partial charge in [0.25, 0.3) is 0 Å². The van der Waals surface area contributed by atoms with Crippen LogP contribution in [0.3, 0.4) is 0 Å². The minimum absolute atomic E-state index is 0.305. The number of hydrogen-bond acceptors (Lipinski definition) is 4. The monoisotopic (exact) mass is 283 g/mol. The van der Waals surface area contributed by atoms with Crippen LogP contribution in [0.5, 0.6) is 0 Å². The molecule has 0 unspecified atom stereocenters. The lowest BCUT2D eigenvalue weighted by atomic mass is 10.1. The lowest BCUT2D eigenvalue weighted by molar-refractivity contribution is -0.137. The minimum Gasteiger partial charge on any atom is -0.379 e. The van der Waals surface area contributed by atoms with Crippen LogP contribution in [0.2, 0.25) is 0 Å². The van der Waals surface area contributed by atoms with Gasteiger partial charge in [-0.1, -0.05) is 0 Å². The second-order valence-electron chi connectivity index (χ2n) is 3.70. The van der Waals surface area contributed by atoms with E-state index in [1.807, 2.05) is 0 Å². The first-order valence-corrected chi connectivity index (χ1v) is 6.17. The fourth-order valence-electron chi connectivity index (χ4n) is 1.50. The van der Waals surface area contributed by atoms with Crippen molar-refractivity contribution in [3.63, 3.8) is 0 Å². The van der Waals surface area contributed by atoms with Gasteiger partial charge in [0.1, 0.15) is 0 Å². The highest BCUT2D eigenvalue weighted by atomic mass is 32.1. The predicted octanol–water partition coefficient (Wildman–Crippen LogP) is 3.65. The van der Waals surface area contributed by atoms with Crippen molar-refractivity contribution in [1.82, 2.24) is 4.98 Å². The molecule has 0 amide bonds. The van der Waals surface area contributed by atoms with Crippen molar-refractivity contribution in [2.75, 3.05) is 5.32 Å². The van der Waals surface area contributed by atoms with Gasteiger partial charge in [0, 0.05) is 11.1 Å². The second-order valence-corrected chi connectivity index (χ2v) is 4.42. The molecule has 0 fully saturated rings. The fourth-order valence-corrected chi connectivity index (χ4v) is 2.06. The molecular weight excluding hydrogens is 275 g/mol. The largest absolute Gasteiger partial charge is 0.417 e. The molecule has 7 heteroatoms. The first kappa shape index (κ1) is 13.4. The van der Waals surface area contributed by atoms with E-state index in [4.69, 9.17) is 5.26 Å². The number of nitrogens with zero attached hydrogens (tertiary/aromatic N) is 2. The van der Waals surface area contributed by atoms with Crippen LogP contribution >= 0.6 is 11.3 Å². The Hall–Kier alpha value is -2.07. The molecule has 0 aliphatic heterocycles. The maximum absolute atomic E-state index is 12.7. The van der Waals surface area contributed by atoms with Crippen LogP contribution in [-0.4, -0.2) is 4.98 Å². The molecular formula is C12H8F3N3S.